The van der Waals surface area contributed by atoms with Crippen LogP contribution < -0.4 is 10.6 Å². The molecule has 0 saturated carbocycles. The van der Waals surface area contributed by atoms with Gasteiger partial charge in [-0.15, -0.1) is 24.0 Å². The summed E-state index contributed by atoms with van der Waals surface area (Å²) in [5, 5.41) is 6.96. The SMILES string of the molecule is CN=C(NCCCNC(=O)c1ccccc1)N(C)Cc1cccc(Cl)c1.I. The maximum absolute atomic E-state index is 12.0. The molecule has 0 bridgehead atoms. The Morgan fingerprint density at radius 1 is 1.07 bits per heavy atom. The van der Waals surface area contributed by atoms with Crippen LogP contribution in [0.2, 0.25) is 5.02 Å². The maximum Gasteiger partial charge on any atom is 0.251 e. The van der Waals surface area contributed by atoms with E-state index in [2.05, 4.69) is 15.6 Å². The van der Waals surface area contributed by atoms with E-state index in [-0.39, 0.29) is 29.9 Å². The van der Waals surface area contributed by atoms with Gasteiger partial charge in [-0.05, 0) is 36.2 Å². The van der Waals surface area contributed by atoms with E-state index < -0.39 is 0 Å². The second-order valence-electron chi connectivity index (χ2n) is 5.94. The second-order valence-corrected chi connectivity index (χ2v) is 6.37. The topological polar surface area (TPSA) is 56.7 Å². The fraction of sp³-hybridized carbons (Fsp3) is 0.300. The van der Waals surface area contributed by atoms with Gasteiger partial charge in [0.05, 0.1) is 0 Å². The van der Waals surface area contributed by atoms with Crippen molar-refractivity contribution in [3.63, 3.8) is 0 Å². The number of guanidine groups is 1. The van der Waals surface area contributed by atoms with Crippen molar-refractivity contribution in [1.29, 1.82) is 0 Å². The number of aliphatic imine (C=N–C) groups is 1. The van der Waals surface area contributed by atoms with E-state index in [1.54, 1.807) is 19.2 Å². The van der Waals surface area contributed by atoms with Crippen LogP contribution in [0.1, 0.15) is 22.3 Å². The Morgan fingerprint density at radius 3 is 2.44 bits per heavy atom. The molecule has 146 valence electrons. The van der Waals surface area contributed by atoms with Crippen LogP contribution in [0.15, 0.2) is 59.6 Å². The Bertz CT molecular complexity index is 740. The molecule has 2 aromatic carbocycles. The summed E-state index contributed by atoms with van der Waals surface area (Å²) < 4.78 is 0. The first-order valence-electron chi connectivity index (χ1n) is 8.59. The Labute approximate surface area is 183 Å². The summed E-state index contributed by atoms with van der Waals surface area (Å²) in [4.78, 5) is 18.3. The first-order chi connectivity index (χ1) is 12.6. The number of carbonyl (C=O) groups is 1. The van der Waals surface area contributed by atoms with Crippen LogP contribution in [-0.2, 0) is 6.54 Å². The van der Waals surface area contributed by atoms with Crippen LogP contribution in [0, 0.1) is 0 Å². The molecule has 0 radical (unpaired) electrons. The molecule has 27 heavy (non-hydrogen) atoms. The number of nitrogens with one attached hydrogen (secondary N) is 2. The molecule has 2 aromatic rings. The molecule has 0 aromatic heterocycles. The summed E-state index contributed by atoms with van der Waals surface area (Å²) in [6.45, 7) is 2.04. The normalized spacial score (nSPS) is 10.7. The van der Waals surface area contributed by atoms with Gasteiger partial charge in [0.15, 0.2) is 5.96 Å². The summed E-state index contributed by atoms with van der Waals surface area (Å²) in [7, 11) is 3.74. The van der Waals surface area contributed by atoms with E-state index in [0.717, 1.165) is 29.5 Å². The minimum Gasteiger partial charge on any atom is -0.356 e. The van der Waals surface area contributed by atoms with Gasteiger partial charge in [0, 0.05) is 44.3 Å². The van der Waals surface area contributed by atoms with Crippen LogP contribution in [0.5, 0.6) is 0 Å². The molecule has 1 amide bonds. The minimum absolute atomic E-state index is 0. The number of hydrogen-bond donors (Lipinski definition) is 2. The highest BCUT2D eigenvalue weighted by atomic mass is 127. The Kier molecular flexibility index (Phi) is 10.8. The Balaban J connectivity index is 0.00000364. The number of nitrogens with zero attached hydrogens (tertiary/aromatic N) is 2. The summed E-state index contributed by atoms with van der Waals surface area (Å²) in [6, 6.07) is 17.0. The van der Waals surface area contributed by atoms with Crippen molar-refractivity contribution >= 4 is 47.4 Å². The number of amides is 1. The molecule has 0 fully saturated rings. The number of carbonyl (C=O) groups excluding carboxylic acids is 1. The molecule has 0 atom stereocenters. The second kappa shape index (κ2) is 12.6. The number of rotatable bonds is 7. The zero-order valence-electron chi connectivity index (χ0n) is 15.6. The highest BCUT2D eigenvalue weighted by Gasteiger charge is 2.07. The number of halogens is 2. The zero-order valence-corrected chi connectivity index (χ0v) is 18.7. The van der Waals surface area contributed by atoms with Gasteiger partial charge >= 0.3 is 0 Å². The molecular weight excluding hydrogens is 475 g/mol. The molecule has 0 aliphatic carbocycles. The molecule has 0 heterocycles. The monoisotopic (exact) mass is 500 g/mol. The van der Waals surface area contributed by atoms with E-state index in [4.69, 9.17) is 11.6 Å². The van der Waals surface area contributed by atoms with E-state index >= 15 is 0 Å². The molecular formula is C20H26ClIN4O. The lowest BCUT2D eigenvalue weighted by Gasteiger charge is -2.22. The van der Waals surface area contributed by atoms with Crippen molar-refractivity contribution in [2.24, 2.45) is 4.99 Å². The van der Waals surface area contributed by atoms with Gasteiger partial charge in [-0.1, -0.05) is 41.9 Å². The minimum atomic E-state index is -0.0481. The lowest BCUT2D eigenvalue weighted by Crippen LogP contribution is -2.39. The van der Waals surface area contributed by atoms with Gasteiger partial charge in [0.1, 0.15) is 0 Å². The third-order valence-corrected chi connectivity index (χ3v) is 4.08. The van der Waals surface area contributed by atoms with E-state index in [0.29, 0.717) is 18.7 Å². The molecule has 2 N–H and O–H groups in total. The molecule has 7 heteroatoms. The molecule has 0 unspecified atom stereocenters. The van der Waals surface area contributed by atoms with Crippen LogP contribution >= 0.6 is 35.6 Å². The summed E-state index contributed by atoms with van der Waals surface area (Å²) in [5.41, 5.74) is 1.80. The predicted molar refractivity (Wildman–Crippen MR) is 123 cm³/mol. The maximum atomic E-state index is 12.0. The van der Waals surface area contributed by atoms with Crippen molar-refractivity contribution in [3.05, 3.63) is 70.7 Å². The third kappa shape index (κ3) is 8.17. The van der Waals surface area contributed by atoms with Crippen LogP contribution in [0.25, 0.3) is 0 Å². The number of hydrogen-bond acceptors (Lipinski definition) is 2. The molecule has 2 rings (SSSR count). The van der Waals surface area contributed by atoms with Gasteiger partial charge < -0.3 is 15.5 Å². The lowest BCUT2D eigenvalue weighted by molar-refractivity contribution is 0.0953. The Morgan fingerprint density at radius 2 is 1.78 bits per heavy atom. The largest absolute Gasteiger partial charge is 0.356 e. The predicted octanol–water partition coefficient (Wildman–Crippen LogP) is 3.79. The summed E-state index contributed by atoms with van der Waals surface area (Å²) in [5.74, 6) is 0.757. The smallest absolute Gasteiger partial charge is 0.251 e. The fourth-order valence-electron chi connectivity index (χ4n) is 2.55. The lowest BCUT2D eigenvalue weighted by atomic mass is 10.2. The summed E-state index contributed by atoms with van der Waals surface area (Å²) >= 11 is 6.03. The van der Waals surface area contributed by atoms with Gasteiger partial charge in [-0.2, -0.15) is 0 Å². The van der Waals surface area contributed by atoms with E-state index in [9.17, 15) is 4.79 Å². The van der Waals surface area contributed by atoms with Crippen molar-refractivity contribution in [2.45, 2.75) is 13.0 Å². The molecule has 0 aliphatic rings. The first kappa shape index (κ1) is 23.2. The first-order valence-corrected chi connectivity index (χ1v) is 8.97. The van der Waals surface area contributed by atoms with Crippen molar-refractivity contribution in [2.75, 3.05) is 27.2 Å². The van der Waals surface area contributed by atoms with E-state index in [1.165, 1.54) is 0 Å². The highest BCUT2D eigenvalue weighted by Crippen LogP contribution is 2.12. The van der Waals surface area contributed by atoms with Crippen LogP contribution in [0.4, 0.5) is 0 Å². The number of benzene rings is 2. The molecule has 5 nitrogen and oxygen atoms in total. The highest BCUT2D eigenvalue weighted by molar-refractivity contribution is 14.0. The molecule has 0 saturated heterocycles. The fourth-order valence-corrected chi connectivity index (χ4v) is 2.76. The van der Waals surface area contributed by atoms with Crippen molar-refractivity contribution in [1.82, 2.24) is 15.5 Å². The molecule has 0 spiro atoms. The van der Waals surface area contributed by atoms with Gasteiger partial charge in [-0.25, -0.2) is 0 Å². The average Bonchev–Trinajstić information content (AvgIpc) is 2.65. The zero-order chi connectivity index (χ0) is 18.8. The quantitative estimate of drug-likeness (QED) is 0.263. The van der Waals surface area contributed by atoms with Gasteiger partial charge in [-0.3, -0.25) is 9.79 Å². The van der Waals surface area contributed by atoms with Crippen molar-refractivity contribution < 1.29 is 4.79 Å². The average molecular weight is 501 g/mol. The molecule has 0 aliphatic heterocycles. The van der Waals surface area contributed by atoms with Crippen LogP contribution in [0.3, 0.4) is 0 Å². The summed E-state index contributed by atoms with van der Waals surface area (Å²) in [6.07, 6.45) is 0.808. The van der Waals surface area contributed by atoms with Gasteiger partial charge in [0.25, 0.3) is 5.91 Å². The standard InChI is InChI=1S/C20H25ClN4O.HI/c1-22-20(25(2)15-16-8-6-11-18(21)14-16)24-13-7-12-23-19(26)17-9-4-3-5-10-17;/h3-6,8-11,14H,7,12-13,15H2,1-2H3,(H,22,24)(H,23,26);1H. The van der Waals surface area contributed by atoms with Gasteiger partial charge in [0.2, 0.25) is 0 Å². The van der Waals surface area contributed by atoms with Crippen molar-refractivity contribution in [3.8, 4) is 0 Å². The third-order valence-electron chi connectivity index (χ3n) is 3.84. The Hall–Kier alpha value is -1.80. The van der Waals surface area contributed by atoms with Crippen LogP contribution in [-0.4, -0.2) is 44.0 Å². The van der Waals surface area contributed by atoms with E-state index in [1.807, 2.05) is 54.4 Å².